The Bertz CT molecular complexity index is 1490. The maximum Gasteiger partial charge on any atom is 0.407 e. The van der Waals surface area contributed by atoms with Crippen LogP contribution in [0.25, 0.3) is 0 Å². The number of ether oxygens (including phenoxy) is 8. The predicted octanol–water partition coefficient (Wildman–Crippen LogP) is 3.15. The fourth-order valence-electron chi connectivity index (χ4n) is 5.00. The second kappa shape index (κ2) is 17.2. The molecule has 0 radical (unpaired) electrons. The van der Waals surface area contributed by atoms with E-state index >= 15 is 0 Å². The van der Waals surface area contributed by atoms with E-state index in [0.29, 0.717) is 5.56 Å². The van der Waals surface area contributed by atoms with Crippen LogP contribution in [0.3, 0.4) is 0 Å². The van der Waals surface area contributed by atoms with Crippen molar-refractivity contribution in [3.63, 3.8) is 0 Å². The van der Waals surface area contributed by atoms with Crippen LogP contribution < -0.4 is 10.6 Å². The van der Waals surface area contributed by atoms with Crippen LogP contribution in [0.2, 0.25) is 0 Å². The zero-order chi connectivity index (χ0) is 33.7. The second-order valence-electron chi connectivity index (χ2n) is 10.7. The molecule has 254 valence electrons. The number of methoxy groups -OCH3 is 1. The van der Waals surface area contributed by atoms with E-state index in [2.05, 4.69) is 10.6 Å². The Balaban J connectivity index is 1.23. The summed E-state index contributed by atoms with van der Waals surface area (Å²) in [4.78, 5) is 50.5. The van der Waals surface area contributed by atoms with Gasteiger partial charge in [-0.2, -0.15) is 0 Å². The number of carbonyl (C=O) groups excluding carboxylic acids is 4. The number of fused-ring (bicyclic) bond motifs is 1. The molecule has 3 aromatic carbocycles. The fraction of sp³-hybridized carbons (Fsp3) is 0.353. The molecule has 0 bridgehead atoms. The van der Waals surface area contributed by atoms with E-state index in [1.54, 1.807) is 60.7 Å². The molecule has 2 N–H and O–H groups in total. The first-order valence-electron chi connectivity index (χ1n) is 15.2. The molecule has 14 heteroatoms. The summed E-state index contributed by atoms with van der Waals surface area (Å²) in [7, 11) is 1.32. The van der Waals surface area contributed by atoms with Gasteiger partial charge in [0.25, 0.3) is 0 Å². The van der Waals surface area contributed by atoms with Crippen molar-refractivity contribution >= 4 is 24.1 Å². The number of esters is 2. The number of hydrogen-bond acceptors (Lipinski definition) is 12. The topological polar surface area (TPSA) is 166 Å². The maximum absolute atomic E-state index is 13.1. The van der Waals surface area contributed by atoms with Gasteiger partial charge in [0.05, 0.1) is 6.61 Å². The molecule has 0 spiro atoms. The number of nitrogens with one attached hydrogen (secondary N) is 2. The van der Waals surface area contributed by atoms with E-state index in [-0.39, 0.29) is 19.8 Å². The smallest absolute Gasteiger partial charge is 0.407 e. The summed E-state index contributed by atoms with van der Waals surface area (Å²) in [6.07, 6.45) is -8.10. The van der Waals surface area contributed by atoms with Gasteiger partial charge >= 0.3 is 24.1 Å². The van der Waals surface area contributed by atoms with Gasteiger partial charge in [-0.3, -0.25) is 9.59 Å². The van der Waals surface area contributed by atoms with Gasteiger partial charge in [0.1, 0.15) is 38.5 Å². The van der Waals surface area contributed by atoms with Crippen molar-refractivity contribution in [2.45, 2.75) is 50.2 Å². The molecule has 14 nitrogen and oxygen atoms in total. The van der Waals surface area contributed by atoms with Crippen LogP contribution in [-0.2, 0) is 60.7 Å². The van der Waals surface area contributed by atoms with Gasteiger partial charge in [-0.05, 0) is 11.1 Å². The van der Waals surface area contributed by atoms with Gasteiger partial charge in [-0.25, -0.2) is 9.59 Å². The van der Waals surface area contributed by atoms with Crippen LogP contribution in [-0.4, -0.2) is 81.6 Å². The molecule has 2 heterocycles. The fourth-order valence-corrected chi connectivity index (χ4v) is 5.00. The molecule has 0 unspecified atom stereocenters. The van der Waals surface area contributed by atoms with Gasteiger partial charge in [0.15, 0.2) is 24.8 Å². The molecule has 3 aromatic rings. The lowest BCUT2D eigenvalue weighted by Crippen LogP contribution is -2.64. The third kappa shape index (κ3) is 9.75. The molecule has 5 rings (SSSR count). The summed E-state index contributed by atoms with van der Waals surface area (Å²) in [5.41, 5.74) is 2.23. The monoisotopic (exact) mass is 664 g/mol. The third-order valence-corrected chi connectivity index (χ3v) is 7.30. The van der Waals surface area contributed by atoms with Gasteiger partial charge in [0.2, 0.25) is 0 Å². The lowest BCUT2D eigenvalue weighted by Gasteiger charge is -2.47. The van der Waals surface area contributed by atoms with E-state index in [1.165, 1.54) is 7.11 Å². The molecule has 2 aliphatic heterocycles. The normalized spacial score (nSPS) is 23.1. The number of alkyl carbamates (subject to hydrolysis) is 2. The van der Waals surface area contributed by atoms with Crippen LogP contribution in [0.1, 0.15) is 23.0 Å². The predicted molar refractivity (Wildman–Crippen MR) is 165 cm³/mol. The molecule has 0 aromatic heterocycles. The molecule has 2 fully saturated rings. The van der Waals surface area contributed by atoms with Crippen molar-refractivity contribution in [1.82, 2.24) is 10.6 Å². The lowest BCUT2D eigenvalue weighted by atomic mass is 9.97. The Labute approximate surface area is 276 Å². The average molecular weight is 665 g/mol. The maximum atomic E-state index is 13.1. The number of carbonyl (C=O) groups is 4. The minimum atomic E-state index is -1.34. The molecule has 0 saturated carbocycles. The molecule has 48 heavy (non-hydrogen) atoms. The summed E-state index contributed by atoms with van der Waals surface area (Å²) in [6, 6.07) is 27.1. The van der Waals surface area contributed by atoms with E-state index in [4.69, 9.17) is 37.9 Å². The van der Waals surface area contributed by atoms with Crippen molar-refractivity contribution < 1.29 is 57.1 Å². The van der Waals surface area contributed by atoms with E-state index < -0.39 is 74.2 Å². The molecule has 2 amide bonds. The highest BCUT2D eigenvalue weighted by atomic mass is 16.8. The molecule has 2 aliphatic rings. The van der Waals surface area contributed by atoms with E-state index in [9.17, 15) is 19.2 Å². The summed E-state index contributed by atoms with van der Waals surface area (Å²) < 4.78 is 45.3. The summed E-state index contributed by atoms with van der Waals surface area (Å²) >= 11 is 0. The van der Waals surface area contributed by atoms with Crippen molar-refractivity contribution in [2.75, 3.05) is 26.8 Å². The first-order chi connectivity index (χ1) is 23.4. The third-order valence-electron chi connectivity index (χ3n) is 7.30. The number of benzene rings is 3. The summed E-state index contributed by atoms with van der Waals surface area (Å²) in [6.45, 7) is -1.09. The van der Waals surface area contributed by atoms with Crippen LogP contribution >= 0.6 is 0 Å². The first kappa shape index (κ1) is 34.3. The van der Waals surface area contributed by atoms with Gasteiger partial charge in [-0.15, -0.1) is 0 Å². The van der Waals surface area contributed by atoms with Crippen LogP contribution in [0.4, 0.5) is 9.59 Å². The van der Waals surface area contributed by atoms with Crippen molar-refractivity contribution in [2.24, 2.45) is 0 Å². The quantitative estimate of drug-likeness (QED) is 0.215. The Morgan fingerprint density at radius 1 is 0.688 bits per heavy atom. The zero-order valence-electron chi connectivity index (χ0n) is 26.1. The minimum Gasteiger partial charge on any atom is -0.454 e. The number of rotatable bonds is 12. The molecule has 6 atom stereocenters. The van der Waals surface area contributed by atoms with Crippen LogP contribution in [0.15, 0.2) is 91.0 Å². The van der Waals surface area contributed by atoms with Crippen molar-refractivity contribution in [3.8, 4) is 0 Å². The highest BCUT2D eigenvalue weighted by Crippen LogP contribution is 2.36. The Morgan fingerprint density at radius 2 is 1.19 bits per heavy atom. The Hall–Kier alpha value is -5.02. The number of amides is 2. The Morgan fingerprint density at radius 3 is 1.71 bits per heavy atom. The Kier molecular flexibility index (Phi) is 12.3. The van der Waals surface area contributed by atoms with Gasteiger partial charge in [0, 0.05) is 12.7 Å². The van der Waals surface area contributed by atoms with E-state index in [0.717, 1.165) is 11.1 Å². The lowest BCUT2D eigenvalue weighted by molar-refractivity contribution is -0.359. The molecule has 2 saturated heterocycles. The molecular formula is C34H36N2O12. The SMILES string of the molecule is CO[C@@H]1O[C@@H]2CO[C@H](c3ccccc3)O[C@@H]2[C@H](OC(=O)CNC(=O)OCc2ccccc2)[C@H]1OC(=O)CNC(=O)OCc1ccccc1. The molecular weight excluding hydrogens is 628 g/mol. The van der Waals surface area contributed by atoms with E-state index in [1.807, 2.05) is 30.3 Å². The largest absolute Gasteiger partial charge is 0.454 e. The van der Waals surface area contributed by atoms with Crippen molar-refractivity contribution in [3.05, 3.63) is 108 Å². The highest BCUT2D eigenvalue weighted by molar-refractivity contribution is 5.79. The standard InChI is InChI=1S/C34H36N2O12/c1-41-32-30(47-27(38)18-36-34(40)44-20-23-13-7-3-8-14-23)29(28-25(45-32)21-42-31(48-28)24-15-9-4-10-16-24)46-26(37)17-35-33(39)43-19-22-11-5-2-6-12-22/h2-16,25,28-32H,17-21H2,1H3,(H,35,39)(H,36,40)/t25-,28+,29+,30-,31+,32-/m1/s1. The second-order valence-corrected chi connectivity index (χ2v) is 10.7. The van der Waals surface area contributed by atoms with Crippen LogP contribution in [0.5, 0.6) is 0 Å². The number of hydrogen-bond donors (Lipinski definition) is 2. The van der Waals surface area contributed by atoms with Crippen LogP contribution in [0, 0.1) is 0 Å². The van der Waals surface area contributed by atoms with Crippen molar-refractivity contribution in [1.29, 1.82) is 0 Å². The highest BCUT2D eigenvalue weighted by Gasteiger charge is 2.54. The minimum absolute atomic E-state index is 0.000847. The van der Waals surface area contributed by atoms with Gasteiger partial charge in [-0.1, -0.05) is 91.0 Å². The van der Waals surface area contributed by atoms with Gasteiger partial charge < -0.3 is 48.5 Å². The summed E-state index contributed by atoms with van der Waals surface area (Å²) in [5.74, 6) is -1.77. The molecule has 0 aliphatic carbocycles. The average Bonchev–Trinajstić information content (AvgIpc) is 3.13. The zero-order valence-corrected chi connectivity index (χ0v) is 26.1. The summed E-state index contributed by atoms with van der Waals surface area (Å²) in [5, 5.41) is 4.69. The first-order valence-corrected chi connectivity index (χ1v) is 15.2.